The third-order valence-electron chi connectivity index (χ3n) is 2.01. The van der Waals surface area contributed by atoms with Crippen LogP contribution in [0.1, 0.15) is 39.8 Å². The van der Waals surface area contributed by atoms with Gasteiger partial charge in [-0.1, -0.05) is 20.8 Å². The molecule has 0 saturated heterocycles. The number of aromatic nitrogens is 2. The zero-order valence-electron chi connectivity index (χ0n) is 9.28. The summed E-state index contributed by atoms with van der Waals surface area (Å²) in [6, 6.07) is 1.76. The van der Waals surface area contributed by atoms with E-state index in [9.17, 15) is 5.11 Å². The Morgan fingerprint density at radius 3 is 2.36 bits per heavy atom. The van der Waals surface area contributed by atoms with Crippen molar-refractivity contribution in [1.82, 2.24) is 9.97 Å². The van der Waals surface area contributed by atoms with Crippen LogP contribution in [0.15, 0.2) is 18.6 Å². The molecule has 0 bridgehead atoms. The summed E-state index contributed by atoms with van der Waals surface area (Å²) in [6.45, 7) is 8.09. The average Bonchev–Trinajstić information content (AvgIpc) is 2.01. The first-order chi connectivity index (χ1) is 6.31. The summed E-state index contributed by atoms with van der Waals surface area (Å²) in [5.74, 6) is 0. The second kappa shape index (κ2) is 3.65. The van der Waals surface area contributed by atoms with Gasteiger partial charge < -0.3 is 5.11 Å². The zero-order valence-corrected chi connectivity index (χ0v) is 9.28. The molecule has 1 aromatic rings. The van der Waals surface area contributed by atoms with Crippen LogP contribution in [0, 0.1) is 5.41 Å². The van der Waals surface area contributed by atoms with Crippen LogP contribution >= 0.6 is 0 Å². The van der Waals surface area contributed by atoms with Gasteiger partial charge in [0.15, 0.2) is 0 Å². The molecule has 0 saturated carbocycles. The Morgan fingerprint density at radius 2 is 1.93 bits per heavy atom. The topological polar surface area (TPSA) is 46.0 Å². The molecule has 3 nitrogen and oxygen atoms in total. The molecular weight excluding hydrogens is 176 g/mol. The van der Waals surface area contributed by atoms with Gasteiger partial charge in [-0.05, 0) is 24.8 Å². The van der Waals surface area contributed by atoms with Gasteiger partial charge in [0.2, 0.25) is 0 Å². The highest BCUT2D eigenvalue weighted by Crippen LogP contribution is 2.32. The average molecular weight is 194 g/mol. The molecule has 0 aliphatic carbocycles. The van der Waals surface area contributed by atoms with Crippen molar-refractivity contribution in [2.45, 2.75) is 39.7 Å². The van der Waals surface area contributed by atoms with E-state index in [1.807, 2.05) is 0 Å². The summed E-state index contributed by atoms with van der Waals surface area (Å²) in [4.78, 5) is 7.91. The third kappa shape index (κ3) is 3.07. The van der Waals surface area contributed by atoms with Crippen LogP contribution < -0.4 is 0 Å². The maximum Gasteiger partial charge on any atom is 0.115 e. The van der Waals surface area contributed by atoms with E-state index in [1.165, 1.54) is 6.33 Å². The van der Waals surface area contributed by atoms with Crippen LogP contribution in [0.5, 0.6) is 0 Å². The largest absolute Gasteiger partial charge is 0.384 e. The minimum atomic E-state index is -0.874. The molecule has 0 spiro atoms. The Hall–Kier alpha value is -0.960. The minimum absolute atomic E-state index is 0.0778. The summed E-state index contributed by atoms with van der Waals surface area (Å²) in [6.07, 6.45) is 3.79. The van der Waals surface area contributed by atoms with Gasteiger partial charge in [-0.3, -0.25) is 0 Å². The molecule has 1 unspecified atom stereocenters. The molecule has 1 heterocycles. The highest BCUT2D eigenvalue weighted by molar-refractivity contribution is 5.08. The molecule has 0 fully saturated rings. The summed E-state index contributed by atoms with van der Waals surface area (Å²) >= 11 is 0. The standard InChI is InChI=1S/C11H18N2O/c1-10(2,3)7-11(4,14)9-5-6-12-8-13-9/h5-6,8,14H,7H2,1-4H3. The Morgan fingerprint density at radius 1 is 1.29 bits per heavy atom. The lowest BCUT2D eigenvalue weighted by atomic mass is 9.81. The van der Waals surface area contributed by atoms with Gasteiger partial charge in [0.1, 0.15) is 11.9 Å². The lowest BCUT2D eigenvalue weighted by Gasteiger charge is -2.30. The van der Waals surface area contributed by atoms with E-state index >= 15 is 0 Å². The van der Waals surface area contributed by atoms with E-state index in [1.54, 1.807) is 19.2 Å². The van der Waals surface area contributed by atoms with E-state index in [0.29, 0.717) is 12.1 Å². The van der Waals surface area contributed by atoms with Crippen molar-refractivity contribution in [2.24, 2.45) is 5.41 Å². The molecule has 1 rings (SSSR count). The van der Waals surface area contributed by atoms with Crippen LogP contribution in [0.2, 0.25) is 0 Å². The Labute approximate surface area is 85.2 Å². The normalized spacial score (nSPS) is 16.4. The number of aliphatic hydroxyl groups is 1. The Bertz CT molecular complexity index is 288. The van der Waals surface area contributed by atoms with Gasteiger partial charge in [-0.15, -0.1) is 0 Å². The molecule has 1 N–H and O–H groups in total. The first kappa shape index (κ1) is 11.1. The van der Waals surface area contributed by atoms with Crippen LogP contribution in [0.3, 0.4) is 0 Å². The molecule has 0 aliphatic heterocycles. The summed E-state index contributed by atoms with van der Waals surface area (Å²) in [5.41, 5.74) is -0.113. The fraction of sp³-hybridized carbons (Fsp3) is 0.636. The Balaban J connectivity index is 2.86. The van der Waals surface area contributed by atoms with Gasteiger partial charge in [-0.25, -0.2) is 9.97 Å². The summed E-state index contributed by atoms with van der Waals surface area (Å²) in [5, 5.41) is 10.2. The van der Waals surface area contributed by atoms with Gasteiger partial charge in [0.25, 0.3) is 0 Å². The van der Waals surface area contributed by atoms with Crippen molar-refractivity contribution in [3.8, 4) is 0 Å². The van der Waals surface area contributed by atoms with Crippen molar-refractivity contribution in [3.05, 3.63) is 24.3 Å². The highest BCUT2D eigenvalue weighted by Gasteiger charge is 2.30. The van der Waals surface area contributed by atoms with Gasteiger partial charge in [0, 0.05) is 6.20 Å². The molecule has 0 aromatic carbocycles. The molecule has 0 radical (unpaired) electrons. The van der Waals surface area contributed by atoms with Gasteiger partial charge in [-0.2, -0.15) is 0 Å². The SMILES string of the molecule is CC(C)(C)CC(C)(O)c1ccncn1. The minimum Gasteiger partial charge on any atom is -0.384 e. The first-order valence-electron chi connectivity index (χ1n) is 4.80. The maximum absolute atomic E-state index is 10.2. The van der Waals surface area contributed by atoms with Crippen molar-refractivity contribution < 1.29 is 5.11 Å². The monoisotopic (exact) mass is 194 g/mol. The highest BCUT2D eigenvalue weighted by atomic mass is 16.3. The van der Waals surface area contributed by atoms with Crippen LogP contribution in [0.25, 0.3) is 0 Å². The molecule has 0 amide bonds. The van der Waals surface area contributed by atoms with Crippen molar-refractivity contribution in [1.29, 1.82) is 0 Å². The predicted molar refractivity (Wildman–Crippen MR) is 55.7 cm³/mol. The van der Waals surface area contributed by atoms with Crippen molar-refractivity contribution in [3.63, 3.8) is 0 Å². The lowest BCUT2D eigenvalue weighted by Crippen LogP contribution is -2.28. The predicted octanol–water partition coefficient (Wildman–Crippen LogP) is 2.12. The molecule has 14 heavy (non-hydrogen) atoms. The lowest BCUT2D eigenvalue weighted by molar-refractivity contribution is 0.0110. The number of hydrogen-bond acceptors (Lipinski definition) is 3. The van der Waals surface area contributed by atoms with Crippen LogP contribution in [0.4, 0.5) is 0 Å². The summed E-state index contributed by atoms with van der Waals surface area (Å²) in [7, 11) is 0. The van der Waals surface area contributed by atoms with Crippen molar-refractivity contribution >= 4 is 0 Å². The third-order valence-corrected chi connectivity index (χ3v) is 2.01. The second-order valence-corrected chi connectivity index (χ2v) is 5.11. The summed E-state index contributed by atoms with van der Waals surface area (Å²) < 4.78 is 0. The molecular formula is C11H18N2O. The molecule has 0 aliphatic rings. The van der Waals surface area contributed by atoms with E-state index < -0.39 is 5.60 Å². The van der Waals surface area contributed by atoms with Crippen molar-refractivity contribution in [2.75, 3.05) is 0 Å². The van der Waals surface area contributed by atoms with Crippen LogP contribution in [-0.4, -0.2) is 15.1 Å². The Kier molecular flexibility index (Phi) is 2.90. The van der Waals surface area contributed by atoms with Gasteiger partial charge >= 0.3 is 0 Å². The zero-order chi connectivity index (χ0) is 10.8. The van der Waals surface area contributed by atoms with E-state index in [-0.39, 0.29) is 5.41 Å². The number of rotatable bonds is 2. The van der Waals surface area contributed by atoms with E-state index in [0.717, 1.165) is 0 Å². The second-order valence-electron chi connectivity index (χ2n) is 5.11. The molecule has 1 atom stereocenters. The molecule has 1 aromatic heterocycles. The maximum atomic E-state index is 10.2. The molecule has 78 valence electrons. The fourth-order valence-electron chi connectivity index (χ4n) is 1.73. The van der Waals surface area contributed by atoms with E-state index in [2.05, 4.69) is 30.7 Å². The quantitative estimate of drug-likeness (QED) is 0.784. The fourth-order valence-corrected chi connectivity index (χ4v) is 1.73. The first-order valence-corrected chi connectivity index (χ1v) is 4.80. The number of hydrogen-bond donors (Lipinski definition) is 1. The smallest absolute Gasteiger partial charge is 0.115 e. The van der Waals surface area contributed by atoms with E-state index in [4.69, 9.17) is 0 Å². The number of nitrogens with zero attached hydrogens (tertiary/aromatic N) is 2. The van der Waals surface area contributed by atoms with Gasteiger partial charge in [0.05, 0.1) is 5.69 Å². The van der Waals surface area contributed by atoms with Crippen LogP contribution in [-0.2, 0) is 5.60 Å². The molecule has 3 heteroatoms.